The Morgan fingerprint density at radius 2 is 1.62 bits per heavy atom. The van der Waals surface area contributed by atoms with Crippen molar-refractivity contribution in [3.05, 3.63) is 101 Å². The number of benzene rings is 3. The van der Waals surface area contributed by atoms with Crippen LogP contribution >= 0.6 is 11.3 Å². The van der Waals surface area contributed by atoms with Crippen molar-refractivity contribution in [2.75, 3.05) is 0 Å². The Labute approximate surface area is 173 Å². The monoisotopic (exact) mass is 402 g/mol. The first-order chi connectivity index (χ1) is 14.1. The molecule has 0 atom stereocenters. The van der Waals surface area contributed by atoms with Crippen LogP contribution in [-0.2, 0) is 6.61 Å². The van der Waals surface area contributed by atoms with E-state index in [0.29, 0.717) is 11.3 Å². The number of ketones is 1. The number of halogens is 1. The second-order valence-electron chi connectivity index (χ2n) is 6.71. The van der Waals surface area contributed by atoms with Crippen molar-refractivity contribution in [2.24, 2.45) is 0 Å². The number of hydrogen-bond donors (Lipinski definition) is 0. The van der Waals surface area contributed by atoms with Gasteiger partial charge in [0.05, 0.1) is 4.88 Å². The van der Waals surface area contributed by atoms with Gasteiger partial charge in [-0.3, -0.25) is 4.79 Å². The van der Waals surface area contributed by atoms with E-state index in [1.54, 1.807) is 25.1 Å². The molecule has 1 aromatic heterocycles. The van der Waals surface area contributed by atoms with Crippen LogP contribution in [0.1, 0.15) is 22.2 Å². The van der Waals surface area contributed by atoms with Crippen LogP contribution in [0.25, 0.3) is 21.6 Å². The van der Waals surface area contributed by atoms with Crippen molar-refractivity contribution in [3.8, 4) is 27.3 Å². The SMILES string of the molecule is CC(=O)c1ccc(-c2cccc(-c3ccc(OCc4ccccc4F)cc3)c2)s1. The molecule has 3 aromatic carbocycles. The minimum atomic E-state index is -0.262. The third-order valence-corrected chi connectivity index (χ3v) is 5.88. The van der Waals surface area contributed by atoms with Crippen LogP contribution in [0.15, 0.2) is 84.9 Å². The highest BCUT2D eigenvalue weighted by molar-refractivity contribution is 7.17. The zero-order valence-corrected chi connectivity index (χ0v) is 16.7. The molecule has 0 fully saturated rings. The van der Waals surface area contributed by atoms with Crippen molar-refractivity contribution in [2.45, 2.75) is 13.5 Å². The molecule has 0 aliphatic rings. The zero-order chi connectivity index (χ0) is 20.2. The molecule has 0 amide bonds. The smallest absolute Gasteiger partial charge is 0.169 e. The van der Waals surface area contributed by atoms with Crippen LogP contribution in [0.2, 0.25) is 0 Å². The molecule has 0 radical (unpaired) electrons. The molecule has 0 bridgehead atoms. The fourth-order valence-electron chi connectivity index (χ4n) is 3.05. The number of ether oxygens (including phenoxy) is 1. The first-order valence-electron chi connectivity index (χ1n) is 9.28. The van der Waals surface area contributed by atoms with Crippen LogP contribution in [0, 0.1) is 5.82 Å². The van der Waals surface area contributed by atoms with E-state index in [1.807, 2.05) is 48.5 Å². The number of rotatable bonds is 6. The van der Waals surface area contributed by atoms with Crippen molar-refractivity contribution < 1.29 is 13.9 Å². The summed E-state index contributed by atoms with van der Waals surface area (Å²) in [6.07, 6.45) is 0. The van der Waals surface area contributed by atoms with E-state index < -0.39 is 0 Å². The van der Waals surface area contributed by atoms with Gasteiger partial charge in [-0.1, -0.05) is 48.5 Å². The van der Waals surface area contributed by atoms with Gasteiger partial charge < -0.3 is 4.74 Å². The van der Waals surface area contributed by atoms with Crippen molar-refractivity contribution >= 4 is 17.1 Å². The van der Waals surface area contributed by atoms with Crippen molar-refractivity contribution in [1.82, 2.24) is 0 Å². The van der Waals surface area contributed by atoms with Gasteiger partial charge in [-0.2, -0.15) is 0 Å². The number of carbonyl (C=O) groups excluding carboxylic acids is 1. The number of hydrogen-bond acceptors (Lipinski definition) is 3. The predicted octanol–water partition coefficient (Wildman–Crippen LogP) is 7.00. The summed E-state index contributed by atoms with van der Waals surface area (Å²) in [5, 5.41) is 0. The highest BCUT2D eigenvalue weighted by Crippen LogP contribution is 2.32. The summed E-state index contributed by atoms with van der Waals surface area (Å²) in [5.41, 5.74) is 3.76. The lowest BCUT2D eigenvalue weighted by Crippen LogP contribution is -1.98. The Morgan fingerprint density at radius 3 is 2.34 bits per heavy atom. The van der Waals surface area contributed by atoms with Crippen molar-refractivity contribution in [3.63, 3.8) is 0 Å². The zero-order valence-electron chi connectivity index (χ0n) is 15.9. The topological polar surface area (TPSA) is 26.3 Å². The first-order valence-corrected chi connectivity index (χ1v) is 10.1. The fourth-order valence-corrected chi connectivity index (χ4v) is 3.95. The normalized spacial score (nSPS) is 10.7. The lowest BCUT2D eigenvalue weighted by molar-refractivity contribution is 0.102. The molecule has 0 N–H and O–H groups in total. The highest BCUT2D eigenvalue weighted by Gasteiger charge is 2.08. The average Bonchev–Trinajstić information content (AvgIpc) is 3.25. The molecule has 0 saturated carbocycles. The molecule has 144 valence electrons. The predicted molar refractivity (Wildman–Crippen MR) is 116 cm³/mol. The van der Waals surface area contributed by atoms with Crippen LogP contribution < -0.4 is 4.74 Å². The van der Waals surface area contributed by atoms with Crippen LogP contribution in [0.5, 0.6) is 5.75 Å². The minimum absolute atomic E-state index is 0.0865. The maximum absolute atomic E-state index is 13.7. The molecule has 0 unspecified atom stereocenters. The summed E-state index contributed by atoms with van der Waals surface area (Å²) in [7, 11) is 0. The van der Waals surface area contributed by atoms with E-state index in [-0.39, 0.29) is 18.2 Å². The van der Waals surface area contributed by atoms with Gasteiger partial charge in [0, 0.05) is 10.4 Å². The number of thiophene rings is 1. The van der Waals surface area contributed by atoms with Gasteiger partial charge in [0.1, 0.15) is 18.2 Å². The van der Waals surface area contributed by atoms with Gasteiger partial charge in [0.15, 0.2) is 5.78 Å². The van der Waals surface area contributed by atoms with Gasteiger partial charge in [-0.05, 0) is 60.0 Å². The Hall–Kier alpha value is -3.24. The van der Waals surface area contributed by atoms with Crippen LogP contribution in [0.4, 0.5) is 4.39 Å². The summed E-state index contributed by atoms with van der Waals surface area (Å²) in [4.78, 5) is 13.4. The summed E-state index contributed by atoms with van der Waals surface area (Å²) >= 11 is 1.51. The van der Waals surface area contributed by atoms with Crippen LogP contribution in [-0.4, -0.2) is 5.78 Å². The molecular weight excluding hydrogens is 383 g/mol. The minimum Gasteiger partial charge on any atom is -0.489 e. The molecule has 0 aliphatic heterocycles. The third-order valence-electron chi connectivity index (χ3n) is 4.64. The summed E-state index contributed by atoms with van der Waals surface area (Å²) < 4.78 is 19.4. The molecule has 4 heteroatoms. The largest absolute Gasteiger partial charge is 0.489 e. The van der Waals surface area contributed by atoms with Gasteiger partial charge in [0.2, 0.25) is 0 Å². The number of Topliss-reactive ketones (excluding diaryl/α,β-unsaturated/α-hetero) is 1. The quantitative estimate of drug-likeness (QED) is 0.325. The summed E-state index contributed by atoms with van der Waals surface area (Å²) in [6, 6.07) is 26.5. The molecule has 1 heterocycles. The van der Waals surface area contributed by atoms with E-state index in [4.69, 9.17) is 4.74 Å². The van der Waals surface area contributed by atoms with Crippen molar-refractivity contribution in [1.29, 1.82) is 0 Å². The standard InChI is InChI=1S/C25H19FO2S/c1-17(27)24-13-14-25(29-24)20-7-4-6-19(15-20)18-9-11-22(12-10-18)28-16-21-5-2-3-8-23(21)26/h2-15H,16H2,1H3. The van der Waals surface area contributed by atoms with E-state index >= 15 is 0 Å². The first kappa shape index (κ1) is 19.1. The maximum atomic E-state index is 13.7. The second kappa shape index (κ2) is 8.41. The molecule has 0 aliphatic carbocycles. The Kier molecular flexibility index (Phi) is 5.54. The van der Waals surface area contributed by atoms with E-state index in [0.717, 1.165) is 26.4 Å². The Balaban J connectivity index is 1.50. The molecular formula is C25H19FO2S. The fraction of sp³-hybridized carbons (Fsp3) is 0.0800. The van der Waals surface area contributed by atoms with E-state index in [9.17, 15) is 9.18 Å². The third kappa shape index (κ3) is 4.44. The Morgan fingerprint density at radius 1 is 0.862 bits per heavy atom. The molecule has 0 saturated heterocycles. The maximum Gasteiger partial charge on any atom is 0.169 e. The average molecular weight is 402 g/mol. The van der Waals surface area contributed by atoms with Crippen LogP contribution in [0.3, 0.4) is 0 Å². The van der Waals surface area contributed by atoms with E-state index in [1.165, 1.54) is 17.4 Å². The molecule has 2 nitrogen and oxygen atoms in total. The molecule has 4 aromatic rings. The van der Waals surface area contributed by atoms with Gasteiger partial charge in [0.25, 0.3) is 0 Å². The Bertz CT molecular complexity index is 1150. The highest BCUT2D eigenvalue weighted by atomic mass is 32.1. The molecule has 29 heavy (non-hydrogen) atoms. The molecule has 4 rings (SSSR count). The number of carbonyl (C=O) groups is 1. The summed E-state index contributed by atoms with van der Waals surface area (Å²) in [5.74, 6) is 0.517. The van der Waals surface area contributed by atoms with E-state index in [2.05, 4.69) is 12.1 Å². The second-order valence-corrected chi connectivity index (χ2v) is 7.79. The lowest BCUT2D eigenvalue weighted by Gasteiger charge is -2.09. The molecule has 0 spiro atoms. The van der Waals surface area contributed by atoms with Gasteiger partial charge in [-0.25, -0.2) is 4.39 Å². The lowest BCUT2D eigenvalue weighted by atomic mass is 10.0. The summed E-state index contributed by atoms with van der Waals surface area (Å²) in [6.45, 7) is 1.78. The van der Waals surface area contributed by atoms with Gasteiger partial charge in [-0.15, -0.1) is 11.3 Å². The van der Waals surface area contributed by atoms with Gasteiger partial charge >= 0.3 is 0 Å².